The number of pyridine rings is 1. The van der Waals surface area contributed by atoms with Gasteiger partial charge in [0.15, 0.2) is 0 Å². The zero-order valence-electron chi connectivity index (χ0n) is 18.1. The predicted molar refractivity (Wildman–Crippen MR) is 123 cm³/mol. The molecule has 0 aliphatic rings. The third-order valence-corrected chi connectivity index (χ3v) is 5.66. The minimum atomic E-state index is -4.94. The molecule has 0 bridgehead atoms. The molecule has 2 aromatic carbocycles. The van der Waals surface area contributed by atoms with Gasteiger partial charge in [-0.05, 0) is 63.8 Å². The number of para-hydroxylation sites is 1. The molecule has 0 radical (unpaired) electrons. The van der Waals surface area contributed by atoms with E-state index in [1.807, 2.05) is 31.2 Å². The number of halogens is 7. The first-order chi connectivity index (χ1) is 16.4. The van der Waals surface area contributed by atoms with Crippen LogP contribution >= 0.6 is 15.9 Å². The molecule has 0 aliphatic heterocycles. The molecule has 0 atom stereocenters. The molecule has 2 aromatic heterocycles. The SMILES string of the molecule is Cc1cccc2cc(CN(Cc3cc(C(F)(F)F)cc(C(F)(F)F)c3)c3ncc(Br)cn3)cnc12. The lowest BCUT2D eigenvalue weighted by Crippen LogP contribution is -2.25. The van der Waals surface area contributed by atoms with Gasteiger partial charge in [-0.2, -0.15) is 26.3 Å². The van der Waals surface area contributed by atoms with Crippen LogP contribution in [0.3, 0.4) is 0 Å². The van der Waals surface area contributed by atoms with Crippen LogP contribution in [0.4, 0.5) is 32.3 Å². The molecule has 0 N–H and O–H groups in total. The number of fused-ring (bicyclic) bond motifs is 1. The minimum Gasteiger partial charge on any atom is -0.332 e. The van der Waals surface area contributed by atoms with Gasteiger partial charge in [0.2, 0.25) is 5.95 Å². The quantitative estimate of drug-likeness (QED) is 0.242. The van der Waals surface area contributed by atoms with E-state index in [4.69, 9.17) is 0 Å². The fourth-order valence-corrected chi connectivity index (χ4v) is 3.87. The lowest BCUT2D eigenvalue weighted by molar-refractivity contribution is -0.143. The number of rotatable bonds is 5. The summed E-state index contributed by atoms with van der Waals surface area (Å²) in [6.07, 6.45) is -5.35. The maximum absolute atomic E-state index is 13.3. The minimum absolute atomic E-state index is 0.107. The Bertz CT molecular complexity index is 1320. The molecule has 0 unspecified atom stereocenters. The fourth-order valence-electron chi connectivity index (χ4n) is 3.66. The molecule has 4 aromatic rings. The maximum atomic E-state index is 13.3. The second-order valence-electron chi connectivity index (χ2n) is 7.96. The van der Waals surface area contributed by atoms with E-state index >= 15 is 0 Å². The van der Waals surface area contributed by atoms with E-state index in [-0.39, 0.29) is 30.7 Å². The summed E-state index contributed by atoms with van der Waals surface area (Å²) in [6, 6.07) is 9.07. The summed E-state index contributed by atoms with van der Waals surface area (Å²) in [4.78, 5) is 14.4. The number of aromatic nitrogens is 3. The van der Waals surface area contributed by atoms with Crippen molar-refractivity contribution >= 4 is 32.8 Å². The van der Waals surface area contributed by atoms with Crippen molar-refractivity contribution in [3.63, 3.8) is 0 Å². The number of aryl methyl sites for hydroxylation is 1. The largest absolute Gasteiger partial charge is 0.416 e. The van der Waals surface area contributed by atoms with Crippen molar-refractivity contribution in [2.75, 3.05) is 4.90 Å². The van der Waals surface area contributed by atoms with Crippen LogP contribution in [0.2, 0.25) is 0 Å². The van der Waals surface area contributed by atoms with Crippen LogP contribution in [0.15, 0.2) is 65.5 Å². The Labute approximate surface area is 204 Å². The number of hydrogen-bond donors (Lipinski definition) is 0. The van der Waals surface area contributed by atoms with Crippen molar-refractivity contribution in [3.8, 4) is 0 Å². The van der Waals surface area contributed by atoms with Gasteiger partial charge < -0.3 is 4.90 Å². The van der Waals surface area contributed by atoms with Gasteiger partial charge in [0.1, 0.15) is 0 Å². The average molecular weight is 555 g/mol. The fraction of sp³-hybridized carbons (Fsp3) is 0.208. The Balaban J connectivity index is 1.75. The van der Waals surface area contributed by atoms with Crippen LogP contribution in [0.1, 0.15) is 27.8 Å². The Morgan fingerprint density at radius 2 is 1.37 bits per heavy atom. The first kappa shape index (κ1) is 24.9. The lowest BCUT2D eigenvalue weighted by atomic mass is 10.0. The highest BCUT2D eigenvalue weighted by Crippen LogP contribution is 2.37. The summed E-state index contributed by atoms with van der Waals surface area (Å²) >= 11 is 3.22. The van der Waals surface area contributed by atoms with E-state index in [9.17, 15) is 26.3 Å². The maximum Gasteiger partial charge on any atom is 0.416 e. The van der Waals surface area contributed by atoms with Gasteiger partial charge in [0.25, 0.3) is 0 Å². The van der Waals surface area contributed by atoms with E-state index in [2.05, 4.69) is 30.9 Å². The highest BCUT2D eigenvalue weighted by atomic mass is 79.9. The van der Waals surface area contributed by atoms with Gasteiger partial charge in [-0.1, -0.05) is 18.2 Å². The molecule has 0 saturated heterocycles. The molecule has 4 rings (SSSR count). The first-order valence-corrected chi connectivity index (χ1v) is 11.0. The molecule has 0 fully saturated rings. The highest BCUT2D eigenvalue weighted by molar-refractivity contribution is 9.10. The van der Waals surface area contributed by atoms with Crippen LogP contribution < -0.4 is 4.90 Å². The van der Waals surface area contributed by atoms with Gasteiger partial charge in [-0.15, -0.1) is 0 Å². The lowest BCUT2D eigenvalue weighted by Gasteiger charge is -2.24. The van der Waals surface area contributed by atoms with Gasteiger partial charge in [-0.3, -0.25) is 4.98 Å². The van der Waals surface area contributed by atoms with Gasteiger partial charge in [0, 0.05) is 37.1 Å². The molecule has 0 saturated carbocycles. The summed E-state index contributed by atoms with van der Waals surface area (Å²) < 4.78 is 80.7. The smallest absolute Gasteiger partial charge is 0.332 e. The van der Waals surface area contributed by atoms with Crippen molar-refractivity contribution in [1.82, 2.24) is 15.0 Å². The molecule has 35 heavy (non-hydrogen) atoms. The van der Waals surface area contributed by atoms with E-state index in [0.717, 1.165) is 16.5 Å². The zero-order valence-corrected chi connectivity index (χ0v) is 19.7. The standard InChI is InChI=1S/C24H17BrF6N4/c1-14-3-2-4-17-5-16(9-32-21(14)17)13-35(22-33-10-20(25)11-34-22)12-15-6-18(23(26,27)28)8-19(7-15)24(29,30)31/h2-11H,12-13H2,1H3. The van der Waals surface area contributed by atoms with Gasteiger partial charge >= 0.3 is 12.4 Å². The summed E-state index contributed by atoms with van der Waals surface area (Å²) in [5.74, 6) is 0.142. The van der Waals surface area contributed by atoms with E-state index in [1.165, 1.54) is 17.3 Å². The zero-order chi connectivity index (χ0) is 25.4. The molecule has 0 amide bonds. The Hall–Kier alpha value is -3.21. The van der Waals surface area contributed by atoms with Crippen LogP contribution in [0.5, 0.6) is 0 Å². The van der Waals surface area contributed by atoms with E-state index in [1.54, 1.807) is 6.20 Å². The topological polar surface area (TPSA) is 41.9 Å². The molecular weight excluding hydrogens is 538 g/mol. The van der Waals surface area contributed by atoms with Crippen LogP contribution in [0.25, 0.3) is 10.9 Å². The molecule has 0 spiro atoms. The number of nitrogens with zero attached hydrogens (tertiary/aromatic N) is 4. The van der Waals surface area contributed by atoms with Crippen molar-refractivity contribution in [2.45, 2.75) is 32.4 Å². The van der Waals surface area contributed by atoms with Crippen LogP contribution in [-0.2, 0) is 25.4 Å². The van der Waals surface area contributed by atoms with E-state index in [0.29, 0.717) is 22.2 Å². The number of anilines is 1. The summed E-state index contributed by atoms with van der Waals surface area (Å²) in [7, 11) is 0. The van der Waals surface area contributed by atoms with Crippen molar-refractivity contribution in [3.05, 3.63) is 93.3 Å². The van der Waals surface area contributed by atoms with Crippen LogP contribution in [0, 0.1) is 6.92 Å². The number of hydrogen-bond acceptors (Lipinski definition) is 4. The Kier molecular flexibility index (Phi) is 6.72. The van der Waals surface area contributed by atoms with Crippen molar-refractivity contribution in [1.29, 1.82) is 0 Å². The molecule has 0 aliphatic carbocycles. The molecular formula is C24H17BrF6N4. The van der Waals surface area contributed by atoms with Crippen molar-refractivity contribution < 1.29 is 26.3 Å². The first-order valence-electron chi connectivity index (χ1n) is 10.3. The molecule has 11 heteroatoms. The Morgan fingerprint density at radius 3 is 1.97 bits per heavy atom. The second-order valence-corrected chi connectivity index (χ2v) is 8.88. The van der Waals surface area contributed by atoms with Gasteiger partial charge in [0.05, 0.1) is 21.1 Å². The van der Waals surface area contributed by atoms with E-state index < -0.39 is 23.5 Å². The second kappa shape index (κ2) is 9.44. The summed E-state index contributed by atoms with van der Waals surface area (Å²) in [6.45, 7) is 1.74. The summed E-state index contributed by atoms with van der Waals surface area (Å²) in [5.41, 5.74) is -0.453. The average Bonchev–Trinajstić information content (AvgIpc) is 2.78. The van der Waals surface area contributed by atoms with Crippen molar-refractivity contribution in [2.24, 2.45) is 0 Å². The Morgan fingerprint density at radius 1 is 0.771 bits per heavy atom. The van der Waals surface area contributed by atoms with Gasteiger partial charge in [-0.25, -0.2) is 9.97 Å². The predicted octanol–water partition coefficient (Wildman–Crippen LogP) is 7.34. The van der Waals surface area contributed by atoms with Crippen LogP contribution in [-0.4, -0.2) is 15.0 Å². The molecule has 182 valence electrons. The molecule has 4 nitrogen and oxygen atoms in total. The summed E-state index contributed by atoms with van der Waals surface area (Å²) in [5, 5.41) is 0.859. The third kappa shape index (κ3) is 5.90. The molecule has 2 heterocycles. The third-order valence-electron chi connectivity index (χ3n) is 5.25. The normalized spacial score (nSPS) is 12.2. The highest BCUT2D eigenvalue weighted by Gasteiger charge is 2.37. The number of benzene rings is 2. The monoisotopic (exact) mass is 554 g/mol. The number of alkyl halides is 6.